The molecule has 0 spiro atoms. The van der Waals surface area contributed by atoms with Crippen molar-refractivity contribution in [2.75, 3.05) is 12.0 Å². The number of alkyl halides is 3. The van der Waals surface area contributed by atoms with E-state index in [1.165, 1.54) is 23.6 Å². The minimum absolute atomic E-state index is 0.0659. The number of nitrogens with zero attached hydrogens (tertiary/aromatic N) is 3. The molecule has 1 aliphatic rings. The van der Waals surface area contributed by atoms with Gasteiger partial charge in [-0.1, -0.05) is 19.1 Å². The zero-order chi connectivity index (χ0) is 26.1. The third kappa shape index (κ3) is 4.84. The second-order valence-corrected chi connectivity index (χ2v) is 8.40. The van der Waals surface area contributed by atoms with Gasteiger partial charge in [0.1, 0.15) is 35.6 Å². The van der Waals surface area contributed by atoms with Crippen LogP contribution in [0.4, 0.5) is 27.6 Å². The van der Waals surface area contributed by atoms with Gasteiger partial charge in [0, 0.05) is 18.5 Å². The van der Waals surface area contributed by atoms with E-state index in [2.05, 4.69) is 10.4 Å². The van der Waals surface area contributed by atoms with Crippen molar-refractivity contribution in [3.8, 4) is 11.4 Å². The van der Waals surface area contributed by atoms with Crippen molar-refractivity contribution in [3.63, 3.8) is 0 Å². The largest absolute Gasteiger partial charge is 0.481 e. The van der Waals surface area contributed by atoms with Crippen molar-refractivity contribution in [1.29, 1.82) is 0 Å². The number of nitrogens with one attached hydrogen (secondary N) is 1. The molecule has 1 aliphatic carbocycles. The molecule has 0 radical (unpaired) electrons. The Morgan fingerprint density at radius 2 is 1.94 bits per heavy atom. The van der Waals surface area contributed by atoms with Crippen LogP contribution in [0.2, 0.25) is 0 Å². The Morgan fingerprint density at radius 3 is 2.53 bits per heavy atom. The Labute approximate surface area is 202 Å². The van der Waals surface area contributed by atoms with Gasteiger partial charge in [-0.3, -0.25) is 9.36 Å². The summed E-state index contributed by atoms with van der Waals surface area (Å²) in [5.74, 6) is -3.17. The number of amides is 1. The smallest absolute Gasteiger partial charge is 0.351 e. The fourth-order valence-electron chi connectivity index (χ4n) is 3.78. The summed E-state index contributed by atoms with van der Waals surface area (Å²) in [6, 6.07) is 5.46. The molecule has 7 nitrogen and oxygen atoms in total. The van der Waals surface area contributed by atoms with Gasteiger partial charge in [0.25, 0.3) is 12.3 Å². The number of hydrogen-bond acceptors (Lipinski definition) is 4. The van der Waals surface area contributed by atoms with Crippen molar-refractivity contribution in [3.05, 3.63) is 69.4 Å². The molecule has 0 bridgehead atoms. The van der Waals surface area contributed by atoms with Gasteiger partial charge in [0.2, 0.25) is 0 Å². The molecule has 4 rings (SSSR count). The van der Waals surface area contributed by atoms with Gasteiger partial charge in [-0.25, -0.2) is 26.7 Å². The van der Waals surface area contributed by atoms with Crippen molar-refractivity contribution in [1.82, 2.24) is 14.3 Å². The number of rotatable bonds is 9. The van der Waals surface area contributed by atoms with E-state index in [4.69, 9.17) is 4.74 Å². The van der Waals surface area contributed by atoms with Crippen LogP contribution in [0, 0.1) is 18.6 Å². The van der Waals surface area contributed by atoms with E-state index in [0.29, 0.717) is 23.9 Å². The summed E-state index contributed by atoms with van der Waals surface area (Å²) in [4.78, 5) is 25.9. The Morgan fingerprint density at radius 1 is 1.22 bits per heavy atom. The maximum atomic E-state index is 15.3. The lowest BCUT2D eigenvalue weighted by Crippen LogP contribution is -2.29. The van der Waals surface area contributed by atoms with Crippen LogP contribution in [0.3, 0.4) is 0 Å². The average molecular weight is 510 g/mol. The third-order valence-corrected chi connectivity index (χ3v) is 5.80. The first-order valence-electron chi connectivity index (χ1n) is 11.3. The highest BCUT2D eigenvalue weighted by Crippen LogP contribution is 2.35. The molecule has 0 saturated heterocycles. The van der Waals surface area contributed by atoms with Crippen LogP contribution in [0.15, 0.2) is 35.1 Å². The summed E-state index contributed by atoms with van der Waals surface area (Å²) in [5.41, 5.74) is -1.56. The fourth-order valence-corrected chi connectivity index (χ4v) is 3.78. The second kappa shape index (κ2) is 10.1. The molecule has 36 heavy (non-hydrogen) atoms. The molecule has 1 fully saturated rings. The number of aryl methyl sites for hydroxylation is 2. The third-order valence-electron chi connectivity index (χ3n) is 5.80. The van der Waals surface area contributed by atoms with Gasteiger partial charge < -0.3 is 10.1 Å². The molecule has 1 atom stereocenters. The Kier molecular flexibility index (Phi) is 7.14. The van der Waals surface area contributed by atoms with Crippen LogP contribution in [0.5, 0.6) is 5.75 Å². The number of ether oxygens (including phenoxy) is 1. The minimum atomic E-state index is -3.27. The van der Waals surface area contributed by atoms with Crippen LogP contribution in [-0.2, 0) is 6.42 Å². The lowest BCUT2D eigenvalue weighted by Gasteiger charge is -2.19. The van der Waals surface area contributed by atoms with E-state index in [1.807, 2.05) is 0 Å². The quantitative estimate of drug-likeness (QED) is 0.422. The maximum absolute atomic E-state index is 15.3. The van der Waals surface area contributed by atoms with E-state index in [0.717, 1.165) is 29.7 Å². The normalized spacial score (nSPS) is 14.2. The molecular formula is C24H23F5N4O3. The van der Waals surface area contributed by atoms with Gasteiger partial charge in [-0.2, -0.15) is 4.68 Å². The van der Waals surface area contributed by atoms with Crippen molar-refractivity contribution >= 4 is 11.6 Å². The minimum Gasteiger partial charge on any atom is -0.481 e. The Balaban J connectivity index is 1.82. The first kappa shape index (κ1) is 25.4. The summed E-state index contributed by atoms with van der Waals surface area (Å²) < 4.78 is 76.5. The standard InChI is InChI=1S/C24H23F5N4O3/c1-3-20-31-33(24(35)32(20)13-7-8-13)17-10-18(36-19(11-25)22(28)29)14(9-16(17)27)23(34)30-21-12(2)5-4-6-15(21)26/h4-6,9-10,13,19,22H,3,7-8,11H2,1-2H3,(H,30,34)/t19-/m0/s1. The van der Waals surface area contributed by atoms with Crippen LogP contribution >= 0.6 is 0 Å². The van der Waals surface area contributed by atoms with E-state index < -0.39 is 59.4 Å². The number of para-hydroxylation sites is 1. The van der Waals surface area contributed by atoms with E-state index in [1.54, 1.807) is 6.92 Å². The monoisotopic (exact) mass is 510 g/mol. The van der Waals surface area contributed by atoms with E-state index in [9.17, 15) is 27.2 Å². The van der Waals surface area contributed by atoms with E-state index >= 15 is 4.39 Å². The highest BCUT2D eigenvalue weighted by Gasteiger charge is 2.31. The predicted molar refractivity (Wildman–Crippen MR) is 121 cm³/mol. The molecular weight excluding hydrogens is 487 g/mol. The number of benzene rings is 2. The summed E-state index contributed by atoms with van der Waals surface area (Å²) in [7, 11) is 0. The van der Waals surface area contributed by atoms with Crippen molar-refractivity contribution < 1.29 is 31.5 Å². The first-order valence-corrected chi connectivity index (χ1v) is 11.3. The number of anilines is 1. The SMILES string of the molecule is CCc1nn(-c2cc(O[C@@H](CF)C(F)F)c(C(=O)Nc3c(C)cccc3F)cc2F)c(=O)n1C1CC1. The summed E-state index contributed by atoms with van der Waals surface area (Å²) >= 11 is 0. The topological polar surface area (TPSA) is 78.2 Å². The lowest BCUT2D eigenvalue weighted by molar-refractivity contribution is -0.00158. The molecule has 3 aromatic rings. The van der Waals surface area contributed by atoms with Crippen LogP contribution in [0.25, 0.3) is 5.69 Å². The summed E-state index contributed by atoms with van der Waals surface area (Å²) in [6.07, 6.45) is -3.64. The van der Waals surface area contributed by atoms with Crippen molar-refractivity contribution in [2.45, 2.75) is 51.7 Å². The summed E-state index contributed by atoms with van der Waals surface area (Å²) in [6.45, 7) is 1.68. The van der Waals surface area contributed by atoms with E-state index in [-0.39, 0.29) is 11.7 Å². The average Bonchev–Trinajstić information content (AvgIpc) is 3.62. The molecule has 12 heteroatoms. The highest BCUT2D eigenvalue weighted by atomic mass is 19.3. The lowest BCUT2D eigenvalue weighted by atomic mass is 10.1. The fraction of sp³-hybridized carbons (Fsp3) is 0.375. The Bertz CT molecular complexity index is 1330. The number of carbonyl (C=O) groups is 1. The van der Waals surface area contributed by atoms with Crippen molar-refractivity contribution in [2.24, 2.45) is 0 Å². The molecule has 0 unspecified atom stereocenters. The first-order chi connectivity index (χ1) is 17.2. The predicted octanol–water partition coefficient (Wildman–Crippen LogP) is 4.75. The summed E-state index contributed by atoms with van der Waals surface area (Å²) in [5, 5.41) is 6.43. The number of carbonyl (C=O) groups excluding carboxylic acids is 1. The molecule has 1 amide bonds. The molecule has 192 valence electrons. The van der Waals surface area contributed by atoms with Gasteiger partial charge in [0.05, 0.1) is 11.3 Å². The zero-order valence-corrected chi connectivity index (χ0v) is 19.4. The number of halogens is 5. The van der Waals surface area contributed by atoms with Crippen LogP contribution in [0.1, 0.15) is 47.6 Å². The molecule has 2 aromatic carbocycles. The van der Waals surface area contributed by atoms with Gasteiger partial charge in [-0.05, 0) is 37.5 Å². The van der Waals surface area contributed by atoms with Gasteiger partial charge in [0.15, 0.2) is 6.10 Å². The second-order valence-electron chi connectivity index (χ2n) is 8.40. The maximum Gasteiger partial charge on any atom is 0.351 e. The molecule has 1 aromatic heterocycles. The molecule has 1 heterocycles. The molecule has 1 N–H and O–H groups in total. The van der Waals surface area contributed by atoms with Gasteiger partial charge in [-0.15, -0.1) is 5.10 Å². The Hall–Kier alpha value is -3.70. The zero-order valence-electron chi connectivity index (χ0n) is 19.4. The van der Waals surface area contributed by atoms with Crippen LogP contribution in [-0.4, -0.2) is 39.5 Å². The number of aromatic nitrogens is 3. The molecule has 1 saturated carbocycles. The van der Waals surface area contributed by atoms with Crippen LogP contribution < -0.4 is 15.7 Å². The van der Waals surface area contributed by atoms with Gasteiger partial charge >= 0.3 is 5.69 Å². The number of hydrogen-bond donors (Lipinski definition) is 1. The molecule has 0 aliphatic heterocycles. The highest BCUT2D eigenvalue weighted by molar-refractivity contribution is 6.06.